The summed E-state index contributed by atoms with van der Waals surface area (Å²) >= 11 is 0. The molecule has 0 atom stereocenters. The van der Waals surface area contributed by atoms with Gasteiger partial charge in [-0.05, 0) is 56.0 Å². The predicted octanol–water partition coefficient (Wildman–Crippen LogP) is 3.10. The van der Waals surface area contributed by atoms with Gasteiger partial charge in [0, 0.05) is 23.4 Å². The zero-order valence-electron chi connectivity index (χ0n) is 13.5. The quantitative estimate of drug-likeness (QED) is 0.807. The molecule has 0 spiro atoms. The molecule has 2 aromatic rings. The molecule has 0 radical (unpaired) electrons. The summed E-state index contributed by atoms with van der Waals surface area (Å²) in [7, 11) is 0. The lowest BCUT2D eigenvalue weighted by Gasteiger charge is -2.09. The molecule has 3 rings (SSSR count). The lowest BCUT2D eigenvalue weighted by molar-refractivity contribution is 0.0695. The van der Waals surface area contributed by atoms with Crippen molar-refractivity contribution in [3.63, 3.8) is 0 Å². The van der Waals surface area contributed by atoms with Crippen LogP contribution in [0.15, 0.2) is 18.2 Å². The normalized spacial score (nSPS) is 13.5. The summed E-state index contributed by atoms with van der Waals surface area (Å²) in [5, 5.41) is 11.8. The fraction of sp³-hybridized carbons (Fsp3) is 0.278. The van der Waals surface area contributed by atoms with Crippen LogP contribution in [0.1, 0.15) is 60.9 Å². The van der Waals surface area contributed by atoms with Gasteiger partial charge < -0.3 is 15.4 Å². The van der Waals surface area contributed by atoms with Crippen LogP contribution in [0.25, 0.3) is 0 Å². The Morgan fingerprint density at radius 3 is 2.58 bits per heavy atom. The highest BCUT2D eigenvalue weighted by Gasteiger charge is 2.26. The molecule has 0 fully saturated rings. The maximum absolute atomic E-state index is 12.5. The predicted molar refractivity (Wildman–Crippen MR) is 88.9 cm³/mol. The first-order chi connectivity index (χ1) is 11.4. The van der Waals surface area contributed by atoms with Crippen LogP contribution in [0, 0.1) is 13.8 Å². The number of nitrogens with one attached hydrogen (secondary N) is 2. The average Bonchev–Trinajstić information content (AvgIpc) is 2.85. The summed E-state index contributed by atoms with van der Waals surface area (Å²) in [5.74, 6) is -1.26. The summed E-state index contributed by atoms with van der Waals surface area (Å²) in [5.41, 5.74) is 3.81. The van der Waals surface area contributed by atoms with Gasteiger partial charge in [-0.15, -0.1) is 0 Å². The number of carbonyl (C=O) groups excluding carboxylic acids is 2. The second-order valence-corrected chi connectivity index (χ2v) is 6.04. The maximum atomic E-state index is 12.5. The van der Waals surface area contributed by atoms with Gasteiger partial charge >= 0.3 is 5.97 Å². The average molecular weight is 326 g/mol. The van der Waals surface area contributed by atoms with Crippen molar-refractivity contribution in [3.8, 4) is 0 Å². The summed E-state index contributed by atoms with van der Waals surface area (Å²) in [6, 6.07) is 4.63. The van der Waals surface area contributed by atoms with E-state index in [4.69, 9.17) is 5.11 Å². The lowest BCUT2D eigenvalue weighted by atomic mass is 9.94. The van der Waals surface area contributed by atoms with E-state index in [1.807, 2.05) is 0 Å². The van der Waals surface area contributed by atoms with E-state index < -0.39 is 5.97 Å². The number of amides is 1. The number of anilines is 1. The molecular weight excluding hydrogens is 308 g/mol. The number of hydrogen-bond donors (Lipinski definition) is 3. The van der Waals surface area contributed by atoms with Crippen LogP contribution in [-0.2, 0) is 6.42 Å². The number of hydrogen-bond acceptors (Lipinski definition) is 3. The van der Waals surface area contributed by atoms with Crippen molar-refractivity contribution in [1.29, 1.82) is 0 Å². The van der Waals surface area contributed by atoms with Crippen molar-refractivity contribution in [3.05, 3.63) is 51.8 Å². The molecule has 6 heteroatoms. The Labute approximate surface area is 138 Å². The first-order valence-corrected chi connectivity index (χ1v) is 7.78. The number of carboxylic acids is 1. The van der Waals surface area contributed by atoms with Gasteiger partial charge in [0.25, 0.3) is 5.91 Å². The van der Waals surface area contributed by atoms with E-state index in [9.17, 15) is 14.4 Å². The van der Waals surface area contributed by atoms with Crippen molar-refractivity contribution < 1.29 is 19.5 Å². The smallest absolute Gasteiger partial charge is 0.335 e. The van der Waals surface area contributed by atoms with Crippen LogP contribution in [-0.4, -0.2) is 27.8 Å². The largest absolute Gasteiger partial charge is 0.478 e. The Kier molecular flexibility index (Phi) is 3.97. The van der Waals surface area contributed by atoms with E-state index in [1.165, 1.54) is 6.07 Å². The molecule has 3 N–H and O–H groups in total. The Bertz CT molecular complexity index is 864. The summed E-state index contributed by atoms with van der Waals surface area (Å²) in [6.45, 7) is 3.45. The van der Waals surface area contributed by atoms with E-state index in [-0.39, 0.29) is 17.3 Å². The number of aryl methyl sites for hydroxylation is 2. The molecule has 1 heterocycles. The minimum atomic E-state index is -1.00. The van der Waals surface area contributed by atoms with Crippen LogP contribution in [0.3, 0.4) is 0 Å². The molecular formula is C18H18N2O4. The third-order valence-electron chi connectivity index (χ3n) is 4.38. The third kappa shape index (κ3) is 2.71. The number of aromatic nitrogens is 1. The highest BCUT2D eigenvalue weighted by molar-refractivity contribution is 6.08. The summed E-state index contributed by atoms with van der Waals surface area (Å²) in [4.78, 5) is 38.7. The zero-order chi connectivity index (χ0) is 17.4. The topological polar surface area (TPSA) is 99.3 Å². The highest BCUT2D eigenvalue weighted by Crippen LogP contribution is 2.27. The number of carbonyl (C=O) groups is 3. The van der Waals surface area contributed by atoms with Gasteiger partial charge in [-0.3, -0.25) is 9.59 Å². The second kappa shape index (κ2) is 5.96. The molecule has 0 unspecified atom stereocenters. The van der Waals surface area contributed by atoms with Crippen molar-refractivity contribution in [1.82, 2.24) is 4.98 Å². The Hall–Kier alpha value is -2.89. The number of benzene rings is 1. The fourth-order valence-electron chi connectivity index (χ4n) is 3.18. The monoisotopic (exact) mass is 326 g/mol. The summed E-state index contributed by atoms with van der Waals surface area (Å²) in [6.07, 6.45) is 2.08. The standard InChI is InChI=1S/C18H18N2O4/c1-9-8-11(6-7-12(9)18(23)24)19-17(22)16-10(2)15-13(20-16)4-3-5-14(15)21/h6-8,20H,3-5H2,1-2H3,(H,19,22)(H,23,24). The molecule has 1 aromatic heterocycles. The van der Waals surface area contributed by atoms with Gasteiger partial charge in [-0.1, -0.05) is 0 Å². The molecule has 0 aliphatic heterocycles. The van der Waals surface area contributed by atoms with Crippen LogP contribution >= 0.6 is 0 Å². The number of ketones is 1. The zero-order valence-corrected chi connectivity index (χ0v) is 13.5. The molecule has 0 saturated heterocycles. The number of Topliss-reactive ketones (excluding diaryl/α,β-unsaturated/α-hetero) is 1. The van der Waals surface area contributed by atoms with E-state index in [0.717, 1.165) is 18.5 Å². The molecule has 0 bridgehead atoms. The molecule has 1 aliphatic carbocycles. The maximum Gasteiger partial charge on any atom is 0.335 e. The number of fused-ring (bicyclic) bond motifs is 1. The minimum absolute atomic E-state index is 0.0747. The lowest BCUT2D eigenvalue weighted by Crippen LogP contribution is -2.14. The second-order valence-electron chi connectivity index (χ2n) is 6.04. The van der Waals surface area contributed by atoms with Gasteiger partial charge in [-0.2, -0.15) is 0 Å². The van der Waals surface area contributed by atoms with Crippen LogP contribution in [0.5, 0.6) is 0 Å². The van der Waals surface area contributed by atoms with E-state index in [1.54, 1.807) is 26.0 Å². The third-order valence-corrected chi connectivity index (χ3v) is 4.38. The van der Waals surface area contributed by atoms with Crippen LogP contribution in [0.2, 0.25) is 0 Å². The molecule has 1 aliphatic rings. The Morgan fingerprint density at radius 2 is 1.96 bits per heavy atom. The molecule has 6 nitrogen and oxygen atoms in total. The summed E-state index contributed by atoms with van der Waals surface area (Å²) < 4.78 is 0. The van der Waals surface area contributed by atoms with E-state index in [0.29, 0.717) is 34.5 Å². The van der Waals surface area contributed by atoms with Gasteiger partial charge in [0.2, 0.25) is 0 Å². The van der Waals surface area contributed by atoms with Crippen LogP contribution < -0.4 is 5.32 Å². The van der Waals surface area contributed by atoms with Crippen molar-refractivity contribution in [2.45, 2.75) is 33.1 Å². The van der Waals surface area contributed by atoms with Gasteiger partial charge in [0.1, 0.15) is 5.69 Å². The number of rotatable bonds is 3. The van der Waals surface area contributed by atoms with Crippen molar-refractivity contribution in [2.24, 2.45) is 0 Å². The Balaban J connectivity index is 1.87. The molecule has 24 heavy (non-hydrogen) atoms. The first-order valence-electron chi connectivity index (χ1n) is 7.78. The Morgan fingerprint density at radius 1 is 1.21 bits per heavy atom. The minimum Gasteiger partial charge on any atom is -0.478 e. The van der Waals surface area contributed by atoms with Crippen molar-refractivity contribution >= 4 is 23.3 Å². The van der Waals surface area contributed by atoms with Gasteiger partial charge in [0.05, 0.1) is 5.56 Å². The van der Waals surface area contributed by atoms with Crippen LogP contribution in [0.4, 0.5) is 5.69 Å². The molecule has 0 saturated carbocycles. The number of H-pyrrole nitrogens is 1. The highest BCUT2D eigenvalue weighted by atomic mass is 16.4. The fourth-order valence-corrected chi connectivity index (χ4v) is 3.18. The van der Waals surface area contributed by atoms with E-state index in [2.05, 4.69) is 10.3 Å². The SMILES string of the molecule is Cc1cc(NC(=O)c2[nH]c3c(c2C)C(=O)CCC3)ccc1C(=O)O. The van der Waals surface area contributed by atoms with Crippen molar-refractivity contribution in [2.75, 3.05) is 5.32 Å². The number of aromatic amines is 1. The first kappa shape index (κ1) is 16.0. The number of aromatic carboxylic acids is 1. The molecule has 1 amide bonds. The number of carboxylic acid groups (broad SMARTS) is 1. The van der Waals surface area contributed by atoms with Gasteiger partial charge in [0.15, 0.2) is 5.78 Å². The van der Waals surface area contributed by atoms with E-state index >= 15 is 0 Å². The molecule has 124 valence electrons. The van der Waals surface area contributed by atoms with Gasteiger partial charge in [-0.25, -0.2) is 4.79 Å². The molecule has 1 aromatic carbocycles.